The van der Waals surface area contributed by atoms with Gasteiger partial charge in [0.1, 0.15) is 24.4 Å². The van der Waals surface area contributed by atoms with Gasteiger partial charge in [-0.15, -0.1) is 0 Å². The van der Waals surface area contributed by atoms with Crippen LogP contribution in [0.4, 0.5) is 4.79 Å². The Morgan fingerprint density at radius 1 is 0.811 bits per heavy atom. The van der Waals surface area contributed by atoms with Crippen LogP contribution < -0.4 is 5.32 Å². The van der Waals surface area contributed by atoms with E-state index in [1.54, 1.807) is 20.8 Å². The molecule has 210 valence electrons. The fourth-order valence-electron chi connectivity index (χ4n) is 3.59. The Bertz CT molecular complexity index is 865. The van der Waals surface area contributed by atoms with Crippen molar-refractivity contribution < 1.29 is 62.3 Å². The van der Waals surface area contributed by atoms with Crippen molar-refractivity contribution >= 4 is 35.9 Å². The van der Waals surface area contributed by atoms with Gasteiger partial charge in [-0.25, -0.2) is 9.59 Å². The van der Waals surface area contributed by atoms with Crippen molar-refractivity contribution in [3.05, 3.63) is 0 Å². The van der Waals surface area contributed by atoms with Crippen LogP contribution in [0, 0.1) is 0 Å². The zero-order valence-electron chi connectivity index (χ0n) is 21.9. The van der Waals surface area contributed by atoms with E-state index in [1.165, 1.54) is 0 Å². The first kappa shape index (κ1) is 31.6. The number of hydrogen-bond donors (Lipinski definition) is 2. The summed E-state index contributed by atoms with van der Waals surface area (Å²) in [6, 6.07) is -1.42. The number of carbonyl (C=O) groups is 6. The molecule has 1 aliphatic rings. The van der Waals surface area contributed by atoms with Gasteiger partial charge in [-0.05, 0) is 33.6 Å². The molecule has 0 spiro atoms. The summed E-state index contributed by atoms with van der Waals surface area (Å²) in [7, 11) is 0. The molecule has 0 aromatic carbocycles. The number of carboxylic acids is 1. The van der Waals surface area contributed by atoms with Gasteiger partial charge in [-0.3, -0.25) is 19.2 Å². The minimum absolute atomic E-state index is 0.133. The van der Waals surface area contributed by atoms with Gasteiger partial charge in [0, 0.05) is 27.7 Å². The average molecular weight is 534 g/mol. The normalized spacial score (nSPS) is 24.1. The zero-order chi connectivity index (χ0) is 28.5. The molecule has 0 unspecified atom stereocenters. The summed E-state index contributed by atoms with van der Waals surface area (Å²) in [5.41, 5.74) is -0.868. The van der Waals surface area contributed by atoms with E-state index >= 15 is 0 Å². The predicted molar refractivity (Wildman–Crippen MR) is 122 cm³/mol. The highest BCUT2D eigenvalue weighted by atomic mass is 16.7. The van der Waals surface area contributed by atoms with E-state index in [1.807, 2.05) is 0 Å². The molecule has 1 fully saturated rings. The number of esters is 4. The SMILES string of the molecule is CC(=O)OC[C@H]1O[C@@H](CC[C@H](NC(=O)OC(C)(C)C)C(=O)O)[C@H](OC(C)=O)[C@@H](OC(C)=O)[C@H]1OC(C)=O. The van der Waals surface area contributed by atoms with Gasteiger partial charge in [-0.1, -0.05) is 0 Å². The summed E-state index contributed by atoms with van der Waals surface area (Å²) < 4.78 is 32.0. The molecule has 0 aliphatic carbocycles. The summed E-state index contributed by atoms with van der Waals surface area (Å²) in [6.45, 7) is 8.85. The zero-order valence-corrected chi connectivity index (χ0v) is 21.9. The summed E-state index contributed by atoms with van der Waals surface area (Å²) in [5.74, 6) is -4.37. The first-order valence-electron chi connectivity index (χ1n) is 11.5. The molecule has 14 nitrogen and oxygen atoms in total. The van der Waals surface area contributed by atoms with E-state index < -0.39 is 84.7 Å². The molecule has 1 saturated heterocycles. The Morgan fingerprint density at radius 3 is 1.73 bits per heavy atom. The number of rotatable bonds is 10. The molecule has 0 aromatic rings. The van der Waals surface area contributed by atoms with Crippen LogP contribution in [0.1, 0.15) is 61.3 Å². The van der Waals surface area contributed by atoms with Gasteiger partial charge in [0.05, 0.1) is 6.10 Å². The van der Waals surface area contributed by atoms with Crippen LogP contribution in [0.15, 0.2) is 0 Å². The van der Waals surface area contributed by atoms with Crippen LogP contribution in [0.25, 0.3) is 0 Å². The Morgan fingerprint density at radius 2 is 1.30 bits per heavy atom. The van der Waals surface area contributed by atoms with Crippen molar-refractivity contribution in [3.8, 4) is 0 Å². The number of amides is 1. The Balaban J connectivity index is 3.27. The molecular weight excluding hydrogens is 498 g/mol. The van der Waals surface area contributed by atoms with Gasteiger partial charge in [0.15, 0.2) is 18.3 Å². The number of nitrogens with one attached hydrogen (secondary N) is 1. The second-order valence-electron chi connectivity index (χ2n) is 9.35. The largest absolute Gasteiger partial charge is 0.480 e. The molecule has 0 saturated carbocycles. The predicted octanol–water partition coefficient (Wildman–Crippen LogP) is 0.870. The van der Waals surface area contributed by atoms with E-state index in [9.17, 15) is 33.9 Å². The monoisotopic (exact) mass is 533 g/mol. The van der Waals surface area contributed by atoms with E-state index in [0.29, 0.717) is 0 Å². The van der Waals surface area contributed by atoms with Crippen molar-refractivity contribution in [2.45, 2.75) is 103 Å². The minimum atomic E-state index is -1.42. The number of hydrogen-bond acceptors (Lipinski definition) is 12. The van der Waals surface area contributed by atoms with Crippen LogP contribution in [0.3, 0.4) is 0 Å². The van der Waals surface area contributed by atoms with Crippen molar-refractivity contribution in [1.29, 1.82) is 0 Å². The molecule has 1 amide bonds. The van der Waals surface area contributed by atoms with E-state index in [2.05, 4.69) is 5.32 Å². The fraction of sp³-hybridized carbons (Fsp3) is 0.739. The standard InChI is InChI=1S/C23H35NO13/c1-11(25)32-10-17-19(34-13(3)27)20(35-14(4)28)18(33-12(2)26)16(36-17)9-8-15(21(29)30)24-22(31)37-23(5,6)7/h15-20H,8-10H2,1-7H3,(H,24,31)(H,29,30)/t15-,16-,17+,18-,19-,20+/m0/s1. The third-order valence-corrected chi connectivity index (χ3v) is 4.82. The van der Waals surface area contributed by atoms with Gasteiger partial charge < -0.3 is 38.8 Å². The van der Waals surface area contributed by atoms with Crippen LogP contribution in [-0.2, 0) is 52.4 Å². The maximum Gasteiger partial charge on any atom is 0.408 e. The smallest absolute Gasteiger partial charge is 0.408 e. The van der Waals surface area contributed by atoms with E-state index in [-0.39, 0.29) is 12.8 Å². The maximum absolute atomic E-state index is 12.1. The lowest BCUT2D eigenvalue weighted by Gasteiger charge is -2.44. The van der Waals surface area contributed by atoms with Crippen molar-refractivity contribution in [2.24, 2.45) is 0 Å². The highest BCUT2D eigenvalue weighted by molar-refractivity contribution is 5.80. The topological polar surface area (TPSA) is 190 Å². The fourth-order valence-corrected chi connectivity index (χ4v) is 3.59. The number of aliphatic carboxylic acids is 1. The summed E-state index contributed by atoms with van der Waals surface area (Å²) in [5, 5.41) is 11.8. The molecule has 6 atom stereocenters. The molecule has 2 N–H and O–H groups in total. The lowest BCUT2D eigenvalue weighted by atomic mass is 9.91. The molecular formula is C23H35NO13. The Hall–Kier alpha value is -3.42. The lowest BCUT2D eigenvalue weighted by molar-refractivity contribution is -0.253. The highest BCUT2D eigenvalue weighted by Gasteiger charge is 2.52. The minimum Gasteiger partial charge on any atom is -0.480 e. The van der Waals surface area contributed by atoms with Gasteiger partial charge in [-0.2, -0.15) is 0 Å². The summed E-state index contributed by atoms with van der Waals surface area (Å²) >= 11 is 0. The lowest BCUT2D eigenvalue weighted by Crippen LogP contribution is -2.62. The molecule has 0 bridgehead atoms. The molecule has 14 heteroatoms. The van der Waals surface area contributed by atoms with Gasteiger partial charge in [0.25, 0.3) is 0 Å². The van der Waals surface area contributed by atoms with E-state index in [4.69, 9.17) is 28.4 Å². The number of carboxylic acid groups (broad SMARTS) is 1. The van der Waals surface area contributed by atoms with Crippen molar-refractivity contribution in [3.63, 3.8) is 0 Å². The first-order valence-corrected chi connectivity index (χ1v) is 11.5. The van der Waals surface area contributed by atoms with Crippen LogP contribution >= 0.6 is 0 Å². The average Bonchev–Trinajstić information content (AvgIpc) is 2.70. The number of alkyl carbamates (subject to hydrolysis) is 1. The molecule has 1 heterocycles. The van der Waals surface area contributed by atoms with E-state index in [0.717, 1.165) is 27.7 Å². The van der Waals surface area contributed by atoms with Gasteiger partial charge >= 0.3 is 35.9 Å². The second kappa shape index (κ2) is 13.8. The van der Waals surface area contributed by atoms with Crippen LogP contribution in [0.5, 0.6) is 0 Å². The van der Waals surface area contributed by atoms with Crippen LogP contribution in [0.2, 0.25) is 0 Å². The first-order chi connectivity index (χ1) is 17.0. The Kier molecular flexibility index (Phi) is 11.8. The molecule has 1 rings (SSSR count). The molecule has 0 radical (unpaired) electrons. The summed E-state index contributed by atoms with van der Waals surface area (Å²) in [4.78, 5) is 70.8. The molecule has 0 aromatic heterocycles. The Labute approximate surface area is 214 Å². The van der Waals surface area contributed by atoms with Crippen molar-refractivity contribution in [1.82, 2.24) is 5.32 Å². The maximum atomic E-state index is 12.1. The highest BCUT2D eigenvalue weighted by Crippen LogP contribution is 2.31. The van der Waals surface area contributed by atoms with Crippen molar-refractivity contribution in [2.75, 3.05) is 6.61 Å². The summed E-state index contributed by atoms with van der Waals surface area (Å²) in [6.07, 6.45) is -7.59. The number of ether oxygens (including phenoxy) is 6. The molecule has 1 aliphatic heterocycles. The third kappa shape index (κ3) is 11.5. The number of carbonyl (C=O) groups excluding carboxylic acids is 5. The van der Waals surface area contributed by atoms with Gasteiger partial charge in [0.2, 0.25) is 0 Å². The second-order valence-corrected chi connectivity index (χ2v) is 9.35. The molecule has 37 heavy (non-hydrogen) atoms. The third-order valence-electron chi connectivity index (χ3n) is 4.82. The van der Waals surface area contributed by atoms with Crippen LogP contribution in [-0.4, -0.2) is 89.8 Å². The quantitative estimate of drug-likeness (QED) is 0.297.